The van der Waals surface area contributed by atoms with Gasteiger partial charge in [0.25, 0.3) is 5.95 Å². The van der Waals surface area contributed by atoms with Crippen molar-refractivity contribution in [3.05, 3.63) is 17.9 Å². The number of hydrogen-bond acceptors (Lipinski definition) is 4. The van der Waals surface area contributed by atoms with Gasteiger partial charge in [-0.2, -0.15) is 0 Å². The summed E-state index contributed by atoms with van der Waals surface area (Å²) in [7, 11) is 0. The van der Waals surface area contributed by atoms with Crippen molar-refractivity contribution in [2.45, 2.75) is 13.8 Å². The molecule has 4 heteroatoms. The summed E-state index contributed by atoms with van der Waals surface area (Å²) in [4.78, 5) is 10.3. The SMILES string of the molecule is CC(C)COCCOc1ccc(C=O)o1. The van der Waals surface area contributed by atoms with Gasteiger partial charge in [0.05, 0.1) is 6.61 Å². The van der Waals surface area contributed by atoms with E-state index in [4.69, 9.17) is 13.9 Å². The van der Waals surface area contributed by atoms with Gasteiger partial charge in [0.1, 0.15) is 6.61 Å². The fraction of sp³-hybridized carbons (Fsp3) is 0.545. The molecule has 0 aliphatic rings. The molecule has 0 spiro atoms. The number of rotatable bonds is 7. The number of aldehydes is 1. The molecular weight excluding hydrogens is 196 g/mol. The predicted molar refractivity (Wildman–Crippen MR) is 55.2 cm³/mol. The Bertz CT molecular complexity index is 291. The maximum atomic E-state index is 10.3. The molecule has 84 valence electrons. The monoisotopic (exact) mass is 212 g/mol. The first-order valence-electron chi connectivity index (χ1n) is 4.98. The largest absolute Gasteiger partial charge is 0.463 e. The van der Waals surface area contributed by atoms with Crippen LogP contribution in [0.1, 0.15) is 24.4 Å². The van der Waals surface area contributed by atoms with Gasteiger partial charge >= 0.3 is 0 Å². The first kappa shape index (κ1) is 11.8. The summed E-state index contributed by atoms with van der Waals surface area (Å²) < 4.78 is 15.5. The van der Waals surface area contributed by atoms with Crippen LogP contribution in [0.2, 0.25) is 0 Å². The minimum absolute atomic E-state index is 0.271. The first-order valence-corrected chi connectivity index (χ1v) is 4.98. The lowest BCUT2D eigenvalue weighted by Crippen LogP contribution is -2.09. The second kappa shape index (κ2) is 6.24. The molecule has 1 aromatic heterocycles. The van der Waals surface area contributed by atoms with E-state index >= 15 is 0 Å². The van der Waals surface area contributed by atoms with Crippen molar-refractivity contribution in [1.29, 1.82) is 0 Å². The number of carbonyl (C=O) groups excluding carboxylic acids is 1. The third-order valence-electron chi connectivity index (χ3n) is 1.64. The van der Waals surface area contributed by atoms with Crippen LogP contribution in [0.4, 0.5) is 0 Å². The number of furan rings is 1. The van der Waals surface area contributed by atoms with E-state index in [-0.39, 0.29) is 5.76 Å². The van der Waals surface area contributed by atoms with E-state index in [0.29, 0.717) is 31.4 Å². The van der Waals surface area contributed by atoms with E-state index in [0.717, 1.165) is 6.61 Å². The van der Waals surface area contributed by atoms with Crippen LogP contribution in [-0.4, -0.2) is 26.1 Å². The molecule has 1 rings (SSSR count). The third kappa shape index (κ3) is 4.65. The van der Waals surface area contributed by atoms with Crippen molar-refractivity contribution in [2.75, 3.05) is 19.8 Å². The Morgan fingerprint density at radius 3 is 2.80 bits per heavy atom. The quantitative estimate of drug-likeness (QED) is 0.513. The molecule has 0 unspecified atom stereocenters. The lowest BCUT2D eigenvalue weighted by molar-refractivity contribution is 0.0738. The zero-order chi connectivity index (χ0) is 11.1. The highest BCUT2D eigenvalue weighted by Crippen LogP contribution is 2.13. The summed E-state index contributed by atoms with van der Waals surface area (Å²) in [6.45, 7) is 5.85. The van der Waals surface area contributed by atoms with Crippen molar-refractivity contribution in [3.63, 3.8) is 0 Å². The van der Waals surface area contributed by atoms with E-state index in [9.17, 15) is 4.79 Å². The van der Waals surface area contributed by atoms with Crippen LogP contribution >= 0.6 is 0 Å². The van der Waals surface area contributed by atoms with E-state index in [2.05, 4.69) is 13.8 Å². The average Bonchev–Trinajstić information content (AvgIpc) is 2.65. The highest BCUT2D eigenvalue weighted by molar-refractivity contribution is 5.70. The minimum Gasteiger partial charge on any atom is -0.463 e. The Balaban J connectivity index is 2.12. The molecule has 0 amide bonds. The van der Waals surface area contributed by atoms with Crippen LogP contribution in [0.15, 0.2) is 16.5 Å². The summed E-state index contributed by atoms with van der Waals surface area (Å²) in [5.74, 6) is 1.15. The number of carbonyl (C=O) groups is 1. The molecule has 15 heavy (non-hydrogen) atoms. The highest BCUT2D eigenvalue weighted by Gasteiger charge is 2.01. The zero-order valence-corrected chi connectivity index (χ0v) is 9.06. The molecule has 0 fully saturated rings. The van der Waals surface area contributed by atoms with E-state index < -0.39 is 0 Å². The van der Waals surface area contributed by atoms with Crippen molar-refractivity contribution in [1.82, 2.24) is 0 Å². The normalized spacial score (nSPS) is 10.6. The van der Waals surface area contributed by atoms with Gasteiger partial charge in [-0.15, -0.1) is 0 Å². The van der Waals surface area contributed by atoms with Gasteiger partial charge in [-0.25, -0.2) is 0 Å². The Morgan fingerprint density at radius 1 is 1.40 bits per heavy atom. The van der Waals surface area contributed by atoms with E-state index in [1.807, 2.05) is 0 Å². The van der Waals surface area contributed by atoms with Gasteiger partial charge in [-0.1, -0.05) is 13.8 Å². The summed E-state index contributed by atoms with van der Waals surface area (Å²) in [5.41, 5.74) is 0. The van der Waals surface area contributed by atoms with E-state index in [1.54, 1.807) is 12.1 Å². The van der Waals surface area contributed by atoms with Crippen LogP contribution in [0.25, 0.3) is 0 Å². The molecule has 1 aromatic rings. The molecule has 0 saturated carbocycles. The highest BCUT2D eigenvalue weighted by atomic mass is 16.6. The molecule has 4 nitrogen and oxygen atoms in total. The molecule has 0 atom stereocenters. The minimum atomic E-state index is 0.271. The Labute approximate surface area is 89.2 Å². The summed E-state index contributed by atoms with van der Waals surface area (Å²) in [6, 6.07) is 3.18. The average molecular weight is 212 g/mol. The van der Waals surface area contributed by atoms with Gasteiger partial charge < -0.3 is 13.9 Å². The molecular formula is C11H16O4. The first-order chi connectivity index (χ1) is 7.22. The van der Waals surface area contributed by atoms with Crippen LogP contribution in [0, 0.1) is 5.92 Å². The van der Waals surface area contributed by atoms with E-state index in [1.165, 1.54) is 0 Å². The van der Waals surface area contributed by atoms with Crippen LogP contribution < -0.4 is 4.74 Å². The smallest absolute Gasteiger partial charge is 0.284 e. The number of hydrogen-bond donors (Lipinski definition) is 0. The Kier molecular flexibility index (Phi) is 4.90. The van der Waals surface area contributed by atoms with Crippen LogP contribution in [-0.2, 0) is 4.74 Å². The zero-order valence-electron chi connectivity index (χ0n) is 9.06. The summed E-state index contributed by atoms with van der Waals surface area (Å²) in [6.07, 6.45) is 0.641. The van der Waals surface area contributed by atoms with Gasteiger partial charge in [-0.05, 0) is 12.0 Å². The molecule has 0 aromatic carbocycles. The second-order valence-electron chi connectivity index (χ2n) is 3.59. The fourth-order valence-corrected chi connectivity index (χ4v) is 0.996. The lowest BCUT2D eigenvalue weighted by atomic mass is 10.2. The van der Waals surface area contributed by atoms with Gasteiger partial charge in [0, 0.05) is 12.7 Å². The summed E-state index contributed by atoms with van der Waals surface area (Å²) >= 11 is 0. The van der Waals surface area contributed by atoms with Crippen molar-refractivity contribution in [2.24, 2.45) is 5.92 Å². The lowest BCUT2D eigenvalue weighted by Gasteiger charge is -2.06. The molecule has 1 heterocycles. The topological polar surface area (TPSA) is 48.7 Å². The number of ether oxygens (including phenoxy) is 2. The Hall–Kier alpha value is -1.29. The molecule has 0 N–H and O–H groups in total. The van der Waals surface area contributed by atoms with Gasteiger partial charge in [0.2, 0.25) is 0 Å². The molecule has 0 aliphatic carbocycles. The van der Waals surface area contributed by atoms with Crippen molar-refractivity contribution >= 4 is 6.29 Å². The molecule has 0 saturated heterocycles. The third-order valence-corrected chi connectivity index (χ3v) is 1.64. The van der Waals surface area contributed by atoms with Crippen LogP contribution in [0.5, 0.6) is 5.95 Å². The van der Waals surface area contributed by atoms with Crippen molar-refractivity contribution in [3.8, 4) is 5.95 Å². The Morgan fingerprint density at radius 2 is 2.20 bits per heavy atom. The molecule has 0 bridgehead atoms. The van der Waals surface area contributed by atoms with Gasteiger partial charge in [0.15, 0.2) is 12.0 Å². The maximum absolute atomic E-state index is 10.3. The van der Waals surface area contributed by atoms with Crippen molar-refractivity contribution < 1.29 is 18.7 Å². The predicted octanol–water partition coefficient (Wildman–Crippen LogP) is 2.14. The van der Waals surface area contributed by atoms with Gasteiger partial charge in [-0.3, -0.25) is 4.79 Å². The molecule has 0 aliphatic heterocycles. The fourth-order valence-electron chi connectivity index (χ4n) is 0.996. The second-order valence-corrected chi connectivity index (χ2v) is 3.59. The molecule has 0 radical (unpaired) electrons. The summed E-state index contributed by atoms with van der Waals surface area (Å²) in [5, 5.41) is 0. The maximum Gasteiger partial charge on any atom is 0.284 e. The van der Waals surface area contributed by atoms with Crippen LogP contribution in [0.3, 0.4) is 0 Å². The standard InChI is InChI=1S/C11H16O4/c1-9(2)8-13-5-6-14-11-4-3-10(7-12)15-11/h3-4,7,9H,5-6,8H2,1-2H3.